The van der Waals surface area contributed by atoms with Crippen LogP contribution in [0.4, 0.5) is 15.6 Å². The number of nitrogens with one attached hydrogen (secondary N) is 2. The van der Waals surface area contributed by atoms with Gasteiger partial charge in [-0.25, -0.2) is 4.79 Å². The number of urea groups is 1. The molecule has 0 aliphatic carbocycles. The van der Waals surface area contributed by atoms with Gasteiger partial charge in [0.25, 0.3) is 0 Å². The smallest absolute Gasteiger partial charge is 0.325 e. The number of halogens is 2. The highest BCUT2D eigenvalue weighted by Gasteiger charge is 2.16. The van der Waals surface area contributed by atoms with Gasteiger partial charge in [-0.05, 0) is 60.7 Å². The topological polar surface area (TPSA) is 113 Å². The van der Waals surface area contributed by atoms with E-state index in [0.717, 1.165) is 11.3 Å². The van der Waals surface area contributed by atoms with Crippen molar-refractivity contribution in [2.24, 2.45) is 0 Å². The number of nitrogens with zero attached hydrogens (tertiary/aromatic N) is 2. The van der Waals surface area contributed by atoms with Crippen LogP contribution in [0.25, 0.3) is 10.6 Å². The summed E-state index contributed by atoms with van der Waals surface area (Å²) in [5.41, 5.74) is 1.79. The molecule has 172 valence electrons. The van der Waals surface area contributed by atoms with Gasteiger partial charge in [-0.15, -0.1) is 10.2 Å². The van der Waals surface area contributed by atoms with Gasteiger partial charge in [-0.1, -0.05) is 34.5 Å². The quantitative estimate of drug-likeness (QED) is 0.268. The number of ketones is 1. The van der Waals surface area contributed by atoms with Crippen LogP contribution < -0.4 is 15.4 Å². The number of methoxy groups -OCH3 is 1. The minimum Gasteiger partial charge on any atom is -0.506 e. The highest BCUT2D eigenvalue weighted by atomic mass is 35.5. The van der Waals surface area contributed by atoms with Crippen molar-refractivity contribution >= 4 is 57.2 Å². The van der Waals surface area contributed by atoms with Gasteiger partial charge < -0.3 is 15.2 Å². The molecule has 0 unspecified atom stereocenters. The van der Waals surface area contributed by atoms with E-state index in [1.54, 1.807) is 55.6 Å². The van der Waals surface area contributed by atoms with Crippen LogP contribution in [-0.4, -0.2) is 34.2 Å². The predicted molar refractivity (Wildman–Crippen MR) is 133 cm³/mol. The Kier molecular flexibility index (Phi) is 6.97. The largest absolute Gasteiger partial charge is 0.506 e. The monoisotopic (exact) mass is 514 g/mol. The van der Waals surface area contributed by atoms with Crippen LogP contribution >= 0.6 is 34.5 Å². The number of phenols is 1. The van der Waals surface area contributed by atoms with Gasteiger partial charge in [-0.3, -0.25) is 10.1 Å². The van der Waals surface area contributed by atoms with Crippen molar-refractivity contribution in [3.8, 4) is 22.1 Å². The number of carbonyl (C=O) groups excluding carboxylic acids is 2. The number of aromatic hydroxyl groups is 1. The Hall–Kier alpha value is -3.66. The molecular weight excluding hydrogens is 499 g/mol. The molecule has 0 bridgehead atoms. The molecule has 3 aromatic carbocycles. The van der Waals surface area contributed by atoms with Crippen molar-refractivity contribution in [3.05, 3.63) is 81.8 Å². The molecule has 0 saturated heterocycles. The zero-order chi connectivity index (χ0) is 24.2. The van der Waals surface area contributed by atoms with Crippen molar-refractivity contribution in [2.45, 2.75) is 0 Å². The average Bonchev–Trinajstić information content (AvgIpc) is 3.29. The van der Waals surface area contributed by atoms with Gasteiger partial charge in [0.15, 0.2) is 10.8 Å². The first-order valence-electron chi connectivity index (χ1n) is 9.73. The molecule has 0 saturated carbocycles. The summed E-state index contributed by atoms with van der Waals surface area (Å²) in [4.78, 5) is 25.0. The molecule has 1 aromatic heterocycles. The second-order valence-electron chi connectivity index (χ2n) is 6.91. The molecule has 2 amide bonds. The molecular formula is C23H16Cl2N4O4S. The SMILES string of the molecule is COc1ccc(C(=O)c2ccc(NC(=O)Nc3nnc(-c4cc(Cl)cc(Cl)c4O)s3)cc2)cc1. The zero-order valence-corrected chi connectivity index (χ0v) is 19.8. The maximum atomic E-state index is 12.6. The number of rotatable bonds is 6. The first-order chi connectivity index (χ1) is 16.3. The second kappa shape index (κ2) is 10.1. The summed E-state index contributed by atoms with van der Waals surface area (Å²) in [6, 6.07) is 15.7. The number of anilines is 2. The number of hydrogen-bond donors (Lipinski definition) is 3. The molecule has 34 heavy (non-hydrogen) atoms. The Morgan fingerprint density at radius 2 is 1.59 bits per heavy atom. The van der Waals surface area contributed by atoms with Gasteiger partial charge in [0.05, 0.1) is 17.7 Å². The van der Waals surface area contributed by atoms with Crippen molar-refractivity contribution in [1.82, 2.24) is 10.2 Å². The van der Waals surface area contributed by atoms with Crippen LogP contribution in [0.5, 0.6) is 11.5 Å². The molecule has 0 aliphatic rings. The minimum absolute atomic E-state index is 0.0823. The number of phenolic OH excluding ortho intramolecular Hbond substituents is 1. The number of benzene rings is 3. The Balaban J connectivity index is 1.39. The Morgan fingerprint density at radius 3 is 2.24 bits per heavy atom. The molecule has 11 heteroatoms. The Labute approximate surface area is 208 Å². The molecule has 0 fully saturated rings. The summed E-state index contributed by atoms with van der Waals surface area (Å²) >= 11 is 13.0. The van der Waals surface area contributed by atoms with Crippen LogP contribution in [-0.2, 0) is 0 Å². The first kappa shape index (κ1) is 23.5. The fraction of sp³-hybridized carbons (Fsp3) is 0.0435. The summed E-state index contributed by atoms with van der Waals surface area (Å²) in [6.45, 7) is 0. The molecule has 0 atom stereocenters. The lowest BCUT2D eigenvalue weighted by molar-refractivity contribution is 0.103. The predicted octanol–water partition coefficient (Wildman–Crippen LogP) is 6.10. The molecule has 0 aliphatic heterocycles. The number of aromatic nitrogens is 2. The number of ether oxygens (including phenoxy) is 1. The van der Waals surface area contributed by atoms with Crippen molar-refractivity contribution < 1.29 is 19.4 Å². The van der Waals surface area contributed by atoms with Crippen LogP contribution in [0.15, 0.2) is 60.7 Å². The standard InChI is InChI=1S/C23H16Cl2N4O4S/c1-33-16-8-4-13(5-9-16)19(30)12-2-6-15(7-3-12)26-22(32)27-23-29-28-21(34-23)17-10-14(24)11-18(25)20(17)31/h2-11,31H,1H3,(H2,26,27,29,32). The number of amides is 2. The summed E-state index contributed by atoms with van der Waals surface area (Å²) < 4.78 is 5.10. The fourth-order valence-electron chi connectivity index (χ4n) is 2.99. The lowest BCUT2D eigenvalue weighted by Gasteiger charge is -2.07. The molecule has 8 nitrogen and oxygen atoms in total. The highest BCUT2D eigenvalue weighted by Crippen LogP contribution is 2.39. The lowest BCUT2D eigenvalue weighted by Crippen LogP contribution is -2.19. The van der Waals surface area contributed by atoms with E-state index in [1.165, 1.54) is 12.1 Å². The molecule has 4 rings (SSSR count). The Morgan fingerprint density at radius 1 is 0.941 bits per heavy atom. The van der Waals surface area contributed by atoms with E-state index in [2.05, 4.69) is 20.8 Å². The second-order valence-corrected chi connectivity index (χ2v) is 8.73. The third-order valence-electron chi connectivity index (χ3n) is 4.66. The third-order valence-corrected chi connectivity index (χ3v) is 6.04. The maximum Gasteiger partial charge on any atom is 0.325 e. The zero-order valence-electron chi connectivity index (χ0n) is 17.5. The van der Waals surface area contributed by atoms with E-state index in [1.807, 2.05) is 0 Å². The van der Waals surface area contributed by atoms with Crippen LogP contribution in [0.1, 0.15) is 15.9 Å². The summed E-state index contributed by atoms with van der Waals surface area (Å²) in [7, 11) is 1.56. The number of hydrogen-bond acceptors (Lipinski definition) is 7. The maximum absolute atomic E-state index is 12.6. The van der Waals surface area contributed by atoms with E-state index in [9.17, 15) is 14.7 Å². The van der Waals surface area contributed by atoms with E-state index in [4.69, 9.17) is 27.9 Å². The van der Waals surface area contributed by atoms with Crippen LogP contribution in [0.3, 0.4) is 0 Å². The fourth-order valence-corrected chi connectivity index (χ4v) is 4.23. The summed E-state index contributed by atoms with van der Waals surface area (Å²) in [6.07, 6.45) is 0. The van der Waals surface area contributed by atoms with Crippen molar-refractivity contribution in [1.29, 1.82) is 0 Å². The van der Waals surface area contributed by atoms with Crippen molar-refractivity contribution in [3.63, 3.8) is 0 Å². The van der Waals surface area contributed by atoms with Gasteiger partial charge in [0.2, 0.25) is 5.13 Å². The van der Waals surface area contributed by atoms with Gasteiger partial charge in [0, 0.05) is 21.8 Å². The molecule has 3 N–H and O–H groups in total. The third kappa shape index (κ3) is 5.28. The number of carbonyl (C=O) groups is 2. The van der Waals surface area contributed by atoms with Crippen molar-refractivity contribution in [2.75, 3.05) is 17.7 Å². The van der Waals surface area contributed by atoms with Crippen LogP contribution in [0.2, 0.25) is 10.0 Å². The molecule has 4 aromatic rings. The van der Waals surface area contributed by atoms with Gasteiger partial charge in [0.1, 0.15) is 11.5 Å². The summed E-state index contributed by atoms with van der Waals surface area (Å²) in [5.74, 6) is 0.338. The van der Waals surface area contributed by atoms with E-state index >= 15 is 0 Å². The first-order valence-corrected chi connectivity index (χ1v) is 11.3. The van der Waals surface area contributed by atoms with E-state index in [0.29, 0.717) is 38.2 Å². The van der Waals surface area contributed by atoms with Gasteiger partial charge >= 0.3 is 6.03 Å². The summed E-state index contributed by atoms with van der Waals surface area (Å²) in [5, 5.41) is 24.2. The molecule has 0 radical (unpaired) electrons. The lowest BCUT2D eigenvalue weighted by atomic mass is 10.0. The van der Waals surface area contributed by atoms with E-state index in [-0.39, 0.29) is 21.7 Å². The van der Waals surface area contributed by atoms with Crippen LogP contribution in [0, 0.1) is 0 Å². The van der Waals surface area contributed by atoms with Gasteiger partial charge in [-0.2, -0.15) is 0 Å². The minimum atomic E-state index is -0.551. The normalized spacial score (nSPS) is 10.6. The highest BCUT2D eigenvalue weighted by molar-refractivity contribution is 7.18. The Bertz CT molecular complexity index is 1360. The average molecular weight is 515 g/mol. The molecule has 1 heterocycles. The molecule has 0 spiro atoms. The van der Waals surface area contributed by atoms with E-state index < -0.39 is 6.03 Å².